The standard InChI is InChI=1S/C6H8O3/c7-5-3-9-6-4(5)1-2-8-6/h4,6H,1-3H2/t4-,6+/m0/s1/i3D2,4D,6D. The van der Waals surface area contributed by atoms with Gasteiger partial charge in [-0.25, -0.2) is 0 Å². The second kappa shape index (κ2) is 1.78. The van der Waals surface area contributed by atoms with Crippen LogP contribution < -0.4 is 0 Å². The molecular weight excluding hydrogens is 120 g/mol. The van der Waals surface area contributed by atoms with E-state index in [9.17, 15) is 4.79 Å². The normalized spacial score (nSPS) is 70.0. The second-order valence-corrected chi connectivity index (χ2v) is 1.90. The number of rotatable bonds is 0. The van der Waals surface area contributed by atoms with Crippen LogP contribution in [0.2, 0.25) is 0 Å². The predicted molar refractivity (Wildman–Crippen MR) is 28.8 cm³/mol. The summed E-state index contributed by atoms with van der Waals surface area (Å²) in [5.74, 6) is -2.93. The SMILES string of the molecule is [2H]C1([2H])O[C@@]2([2H])OCC[C@@]2([2H])C1=O. The van der Waals surface area contributed by atoms with Crippen LogP contribution in [0, 0.1) is 5.89 Å². The minimum atomic E-state index is -2.57. The molecule has 0 N–H and O–H groups in total. The van der Waals surface area contributed by atoms with E-state index >= 15 is 0 Å². The van der Waals surface area contributed by atoms with Gasteiger partial charge in [-0.15, -0.1) is 0 Å². The van der Waals surface area contributed by atoms with E-state index in [0.717, 1.165) is 0 Å². The van der Waals surface area contributed by atoms with Gasteiger partial charge in [0.05, 0.1) is 16.6 Å². The van der Waals surface area contributed by atoms with E-state index in [0.29, 0.717) is 0 Å². The van der Waals surface area contributed by atoms with Crippen molar-refractivity contribution in [1.82, 2.24) is 0 Å². The van der Waals surface area contributed by atoms with E-state index in [1.54, 1.807) is 0 Å². The Bertz CT molecular complexity index is 281. The van der Waals surface area contributed by atoms with Crippen LogP contribution in [0.3, 0.4) is 0 Å². The van der Waals surface area contributed by atoms with Gasteiger partial charge >= 0.3 is 0 Å². The predicted octanol–water partition coefficient (Wildman–Crippen LogP) is -0.0517. The second-order valence-electron chi connectivity index (χ2n) is 1.90. The van der Waals surface area contributed by atoms with Gasteiger partial charge in [-0.1, -0.05) is 0 Å². The summed E-state index contributed by atoms with van der Waals surface area (Å²) >= 11 is 0. The van der Waals surface area contributed by atoms with E-state index in [-0.39, 0.29) is 13.0 Å². The molecule has 0 bridgehead atoms. The third kappa shape index (κ3) is 0.686. The van der Waals surface area contributed by atoms with Crippen molar-refractivity contribution in [3.05, 3.63) is 0 Å². The van der Waals surface area contributed by atoms with Crippen LogP contribution in [0.25, 0.3) is 0 Å². The van der Waals surface area contributed by atoms with Crippen molar-refractivity contribution in [2.24, 2.45) is 5.89 Å². The highest BCUT2D eigenvalue weighted by Gasteiger charge is 2.40. The largest absolute Gasteiger partial charge is 0.352 e. The summed E-state index contributed by atoms with van der Waals surface area (Å²) in [6, 6.07) is 0. The molecule has 2 saturated heterocycles. The molecule has 0 aromatic heterocycles. The first-order valence-corrected chi connectivity index (χ1v) is 2.71. The van der Waals surface area contributed by atoms with Crippen LogP contribution in [-0.2, 0) is 14.3 Å². The monoisotopic (exact) mass is 132 g/mol. The molecule has 3 nitrogen and oxygen atoms in total. The molecule has 2 rings (SSSR count). The molecule has 50 valence electrons. The summed E-state index contributed by atoms with van der Waals surface area (Å²) in [6.45, 7) is -2.49. The van der Waals surface area contributed by atoms with Crippen LogP contribution in [0.5, 0.6) is 0 Å². The van der Waals surface area contributed by atoms with Gasteiger partial charge in [0, 0.05) is 1.37 Å². The lowest BCUT2D eigenvalue weighted by Gasteiger charge is -2.02. The Hall–Kier alpha value is -0.410. The molecular formula is C6H8O3. The summed E-state index contributed by atoms with van der Waals surface area (Å²) < 4.78 is 38.6. The highest BCUT2D eigenvalue weighted by atomic mass is 16.7. The van der Waals surface area contributed by atoms with Crippen LogP contribution >= 0.6 is 0 Å². The summed E-state index contributed by atoms with van der Waals surface area (Å²) in [6.07, 6.45) is -2.15. The molecule has 0 spiro atoms. The lowest BCUT2D eigenvalue weighted by Crippen LogP contribution is -2.13. The molecule has 2 fully saturated rings. The van der Waals surface area contributed by atoms with Gasteiger partial charge in [0.2, 0.25) is 0 Å². The van der Waals surface area contributed by atoms with Gasteiger partial charge in [-0.3, -0.25) is 4.79 Å². The summed E-state index contributed by atoms with van der Waals surface area (Å²) in [5.41, 5.74) is 0. The van der Waals surface area contributed by atoms with Crippen molar-refractivity contribution < 1.29 is 19.8 Å². The Kier molecular flexibility index (Phi) is 0.531. The maximum Gasteiger partial charge on any atom is 0.168 e. The lowest BCUT2D eigenvalue weighted by atomic mass is 10.1. The fourth-order valence-electron chi connectivity index (χ4n) is 0.887. The van der Waals surface area contributed by atoms with Gasteiger partial charge < -0.3 is 9.47 Å². The molecule has 9 heavy (non-hydrogen) atoms. The fraction of sp³-hybridized carbons (Fsp3) is 0.833. The molecule has 0 aromatic carbocycles. The first-order valence-electron chi connectivity index (χ1n) is 4.71. The van der Waals surface area contributed by atoms with E-state index < -0.39 is 24.5 Å². The number of ketones is 1. The lowest BCUT2D eigenvalue weighted by molar-refractivity contribution is -0.120. The first-order chi connectivity index (χ1) is 5.82. The van der Waals surface area contributed by atoms with E-state index in [2.05, 4.69) is 4.74 Å². The van der Waals surface area contributed by atoms with Crippen molar-refractivity contribution >= 4 is 5.78 Å². The number of hydrogen-bond donors (Lipinski definition) is 0. The summed E-state index contributed by atoms with van der Waals surface area (Å²) in [7, 11) is 0. The molecule has 0 saturated carbocycles. The molecule has 0 unspecified atom stereocenters. The highest BCUT2D eigenvalue weighted by molar-refractivity contribution is 5.84. The zero-order valence-electron chi connectivity index (χ0n) is 8.64. The Labute approximate surface area is 58.6 Å². The van der Waals surface area contributed by atoms with Crippen LogP contribution in [0.15, 0.2) is 0 Å². The fourth-order valence-corrected chi connectivity index (χ4v) is 0.887. The van der Waals surface area contributed by atoms with E-state index in [1.165, 1.54) is 0 Å². The summed E-state index contributed by atoms with van der Waals surface area (Å²) in [5, 5.41) is 0. The molecule has 0 radical (unpaired) electrons. The van der Waals surface area contributed by atoms with Crippen molar-refractivity contribution in [2.45, 2.75) is 12.7 Å². The number of ether oxygens (including phenoxy) is 2. The molecule has 3 heteroatoms. The van der Waals surface area contributed by atoms with Gasteiger partial charge in [-0.05, 0) is 6.42 Å². The van der Waals surface area contributed by atoms with E-state index in [4.69, 9.17) is 10.2 Å². The zero-order valence-corrected chi connectivity index (χ0v) is 4.64. The topological polar surface area (TPSA) is 35.5 Å². The minimum Gasteiger partial charge on any atom is -0.352 e. The van der Waals surface area contributed by atoms with Crippen molar-refractivity contribution in [1.29, 1.82) is 0 Å². The Morgan fingerprint density at radius 1 is 1.78 bits per heavy atom. The average molecular weight is 132 g/mol. The molecule has 0 aromatic rings. The first kappa shape index (κ1) is 2.68. The molecule has 2 atom stereocenters. The number of carbonyl (C=O) groups is 1. The van der Waals surface area contributed by atoms with Gasteiger partial charge in [0.1, 0.15) is 6.56 Å². The third-order valence-corrected chi connectivity index (χ3v) is 1.34. The Balaban J connectivity index is 2.47. The Morgan fingerprint density at radius 3 is 3.44 bits per heavy atom. The minimum absolute atomic E-state index is 0.00877. The summed E-state index contributed by atoms with van der Waals surface area (Å²) in [4.78, 5) is 11.3. The molecule has 2 aliphatic rings. The number of fused-ring (bicyclic) bond motifs is 1. The maximum absolute atomic E-state index is 11.3. The molecule has 0 aliphatic carbocycles. The van der Waals surface area contributed by atoms with E-state index in [1.807, 2.05) is 0 Å². The molecule has 2 heterocycles. The third-order valence-electron chi connectivity index (χ3n) is 1.34. The number of carbonyl (C=O) groups excluding carboxylic acids is 1. The van der Waals surface area contributed by atoms with Crippen molar-refractivity contribution in [3.63, 3.8) is 0 Å². The quantitative estimate of drug-likeness (QED) is 0.463. The maximum atomic E-state index is 11.3. The highest BCUT2D eigenvalue weighted by Crippen LogP contribution is 2.27. The van der Waals surface area contributed by atoms with Crippen LogP contribution in [0.4, 0.5) is 0 Å². The van der Waals surface area contributed by atoms with Crippen LogP contribution in [-0.4, -0.2) is 25.2 Å². The van der Waals surface area contributed by atoms with Gasteiger partial charge in [0.15, 0.2) is 12.0 Å². The molecule has 0 amide bonds. The zero-order chi connectivity index (χ0) is 9.91. The number of Topliss-reactive ketones (excluding diaryl/α,β-unsaturated/α-hetero) is 1. The van der Waals surface area contributed by atoms with Crippen molar-refractivity contribution in [3.8, 4) is 0 Å². The number of hydrogen-bond acceptors (Lipinski definition) is 3. The van der Waals surface area contributed by atoms with Gasteiger partial charge in [0.25, 0.3) is 0 Å². The average Bonchev–Trinajstić information content (AvgIpc) is 2.31. The Morgan fingerprint density at radius 2 is 2.67 bits per heavy atom. The smallest absolute Gasteiger partial charge is 0.168 e. The molecule has 2 aliphatic heterocycles. The van der Waals surface area contributed by atoms with Crippen molar-refractivity contribution in [2.75, 3.05) is 13.2 Å². The van der Waals surface area contributed by atoms with Crippen LogP contribution in [0.1, 0.15) is 11.9 Å². The van der Waals surface area contributed by atoms with Gasteiger partial charge in [-0.2, -0.15) is 0 Å².